The van der Waals surface area contributed by atoms with Crippen molar-refractivity contribution in [2.45, 2.75) is 0 Å². The van der Waals surface area contributed by atoms with Crippen molar-refractivity contribution >= 4 is 86.3 Å². The van der Waals surface area contributed by atoms with Crippen LogP contribution in [0.4, 0.5) is 0 Å². The second kappa shape index (κ2) is 13.7. The van der Waals surface area contributed by atoms with Crippen LogP contribution in [0.1, 0.15) is 0 Å². The van der Waals surface area contributed by atoms with Crippen LogP contribution in [-0.4, -0.2) is 4.98 Å². The fraction of sp³-hybridized carbons (Fsp3) is 0. The van der Waals surface area contributed by atoms with Crippen LogP contribution in [0.25, 0.3) is 131 Å². The van der Waals surface area contributed by atoms with Crippen LogP contribution in [0.5, 0.6) is 0 Å². The second-order valence-corrected chi connectivity index (χ2v) is 16.6. The Morgan fingerprint density at radius 3 is 1.32 bits per heavy atom. The molecular formula is C61H37N. The van der Waals surface area contributed by atoms with E-state index in [0.717, 1.165) is 27.7 Å². The smallest absolute Gasteiger partial charge is 0.0787 e. The molecule has 0 aliphatic heterocycles. The molecule has 286 valence electrons. The molecule has 0 unspecified atom stereocenters. The van der Waals surface area contributed by atoms with Gasteiger partial charge in [-0.25, -0.2) is 4.98 Å². The molecule has 12 aromatic carbocycles. The first-order valence-electron chi connectivity index (χ1n) is 21.4. The molecule has 0 radical (unpaired) electrons. The predicted octanol–water partition coefficient (Wildman–Crippen LogP) is 17.0. The minimum Gasteiger partial charge on any atom is -0.247 e. The molecule has 1 heterocycles. The van der Waals surface area contributed by atoms with Crippen molar-refractivity contribution in [2.75, 3.05) is 0 Å². The normalized spacial score (nSPS) is 11.9. The summed E-state index contributed by atoms with van der Waals surface area (Å²) in [6.45, 7) is 0. The van der Waals surface area contributed by atoms with Crippen LogP contribution in [-0.2, 0) is 0 Å². The number of aromatic nitrogens is 1. The lowest BCUT2D eigenvalue weighted by atomic mass is 9.81. The highest BCUT2D eigenvalue weighted by Crippen LogP contribution is 2.49. The van der Waals surface area contributed by atoms with Crippen molar-refractivity contribution in [1.29, 1.82) is 0 Å². The van der Waals surface area contributed by atoms with E-state index in [0.29, 0.717) is 0 Å². The SMILES string of the molecule is c1cc(-c2ccc3c(-c4cc5ccccc5c5ccccc45)c4ccccc4c(-c4cc5ccccc5c5ccccc45)c3c2)cc(-c2ccc3ccc4ccccc4c3n2)c1. The molecule has 0 saturated heterocycles. The van der Waals surface area contributed by atoms with Crippen LogP contribution in [0.15, 0.2) is 224 Å². The van der Waals surface area contributed by atoms with Crippen molar-refractivity contribution in [2.24, 2.45) is 0 Å². The first kappa shape index (κ1) is 34.7. The Kier molecular flexibility index (Phi) is 7.67. The monoisotopic (exact) mass is 783 g/mol. The van der Waals surface area contributed by atoms with E-state index in [-0.39, 0.29) is 0 Å². The summed E-state index contributed by atoms with van der Waals surface area (Å²) in [6.07, 6.45) is 0. The molecule has 0 atom stereocenters. The van der Waals surface area contributed by atoms with E-state index in [2.05, 4.69) is 224 Å². The lowest BCUT2D eigenvalue weighted by Gasteiger charge is -2.21. The highest BCUT2D eigenvalue weighted by atomic mass is 14.7. The minimum atomic E-state index is 0.969. The zero-order valence-electron chi connectivity index (χ0n) is 33.8. The van der Waals surface area contributed by atoms with Gasteiger partial charge in [0.05, 0.1) is 11.2 Å². The van der Waals surface area contributed by atoms with Gasteiger partial charge in [-0.1, -0.05) is 194 Å². The third kappa shape index (κ3) is 5.32. The molecule has 0 bridgehead atoms. The third-order valence-electron chi connectivity index (χ3n) is 13.2. The molecular weight excluding hydrogens is 747 g/mol. The van der Waals surface area contributed by atoms with E-state index < -0.39 is 0 Å². The van der Waals surface area contributed by atoms with E-state index in [4.69, 9.17) is 4.98 Å². The first-order valence-corrected chi connectivity index (χ1v) is 21.4. The van der Waals surface area contributed by atoms with Crippen molar-refractivity contribution < 1.29 is 0 Å². The Bertz CT molecular complexity index is 3990. The summed E-state index contributed by atoms with van der Waals surface area (Å²) in [5, 5.41) is 18.6. The van der Waals surface area contributed by atoms with Crippen molar-refractivity contribution in [3.63, 3.8) is 0 Å². The van der Waals surface area contributed by atoms with E-state index in [1.807, 2.05) is 0 Å². The molecule has 62 heavy (non-hydrogen) atoms. The van der Waals surface area contributed by atoms with Gasteiger partial charge in [-0.3, -0.25) is 0 Å². The number of nitrogens with zero attached hydrogens (tertiary/aromatic N) is 1. The van der Waals surface area contributed by atoms with Gasteiger partial charge in [-0.05, 0) is 134 Å². The zero-order valence-corrected chi connectivity index (χ0v) is 33.8. The lowest BCUT2D eigenvalue weighted by Crippen LogP contribution is -1.94. The quantitative estimate of drug-likeness (QED) is 0.128. The summed E-state index contributed by atoms with van der Waals surface area (Å²) in [5.74, 6) is 0. The summed E-state index contributed by atoms with van der Waals surface area (Å²) in [4.78, 5) is 5.29. The summed E-state index contributed by atoms with van der Waals surface area (Å²) in [6, 6.07) is 82.7. The van der Waals surface area contributed by atoms with E-state index >= 15 is 0 Å². The summed E-state index contributed by atoms with van der Waals surface area (Å²) >= 11 is 0. The molecule has 0 amide bonds. The Morgan fingerprint density at radius 1 is 0.226 bits per heavy atom. The number of pyridine rings is 1. The second-order valence-electron chi connectivity index (χ2n) is 16.6. The maximum absolute atomic E-state index is 5.29. The largest absolute Gasteiger partial charge is 0.247 e. The predicted molar refractivity (Wildman–Crippen MR) is 266 cm³/mol. The number of rotatable bonds is 4. The van der Waals surface area contributed by atoms with Gasteiger partial charge in [-0.15, -0.1) is 0 Å². The van der Waals surface area contributed by atoms with Gasteiger partial charge in [-0.2, -0.15) is 0 Å². The maximum atomic E-state index is 5.29. The highest BCUT2D eigenvalue weighted by molar-refractivity contribution is 6.28. The number of hydrogen-bond donors (Lipinski definition) is 0. The molecule has 0 fully saturated rings. The molecule has 0 aliphatic carbocycles. The first-order chi connectivity index (χ1) is 30.7. The fourth-order valence-corrected chi connectivity index (χ4v) is 10.3. The van der Waals surface area contributed by atoms with Gasteiger partial charge < -0.3 is 0 Å². The lowest BCUT2D eigenvalue weighted by molar-refractivity contribution is 1.41. The van der Waals surface area contributed by atoms with Crippen LogP contribution >= 0.6 is 0 Å². The highest BCUT2D eigenvalue weighted by Gasteiger charge is 2.22. The number of hydrogen-bond acceptors (Lipinski definition) is 1. The van der Waals surface area contributed by atoms with Gasteiger partial charge in [0.25, 0.3) is 0 Å². The van der Waals surface area contributed by atoms with Gasteiger partial charge in [0, 0.05) is 16.3 Å². The topological polar surface area (TPSA) is 12.9 Å². The standard InChI is InChI=1S/C61H37N/c1-6-21-47-38(14-1)28-29-39-31-33-58(62-61(39)47)44-18-13-17-40(34-44)41-30-32-54-57(35-41)60(56-37-43-16-3-5-20-46(43)49-23-8-10-25-51(49)56)53-27-12-11-26-52(53)59(54)55-36-42-15-2-4-19-45(42)48-22-7-9-24-50(48)55/h1-37H. The minimum absolute atomic E-state index is 0.969. The molecule has 0 spiro atoms. The van der Waals surface area contributed by atoms with Crippen molar-refractivity contribution in [1.82, 2.24) is 4.98 Å². The van der Waals surface area contributed by atoms with Crippen LogP contribution in [0.2, 0.25) is 0 Å². The van der Waals surface area contributed by atoms with Gasteiger partial charge >= 0.3 is 0 Å². The van der Waals surface area contributed by atoms with Gasteiger partial charge in [0.15, 0.2) is 0 Å². The van der Waals surface area contributed by atoms with Crippen LogP contribution < -0.4 is 0 Å². The fourth-order valence-electron chi connectivity index (χ4n) is 10.3. The van der Waals surface area contributed by atoms with E-state index in [9.17, 15) is 0 Å². The maximum Gasteiger partial charge on any atom is 0.0787 e. The average Bonchev–Trinajstić information content (AvgIpc) is 3.35. The number of fused-ring (bicyclic) bond motifs is 11. The van der Waals surface area contributed by atoms with Crippen molar-refractivity contribution in [3.05, 3.63) is 224 Å². The Labute approximate surface area is 358 Å². The van der Waals surface area contributed by atoms with Gasteiger partial charge in [0.2, 0.25) is 0 Å². The van der Waals surface area contributed by atoms with Crippen LogP contribution in [0.3, 0.4) is 0 Å². The van der Waals surface area contributed by atoms with Gasteiger partial charge in [0.1, 0.15) is 0 Å². The zero-order chi connectivity index (χ0) is 40.7. The third-order valence-corrected chi connectivity index (χ3v) is 13.2. The molecule has 13 aromatic rings. The van der Waals surface area contributed by atoms with Crippen LogP contribution in [0, 0.1) is 0 Å². The summed E-state index contributed by atoms with van der Waals surface area (Å²) in [7, 11) is 0. The van der Waals surface area contributed by atoms with E-state index in [1.165, 1.54) is 103 Å². The molecule has 1 aromatic heterocycles. The average molecular weight is 784 g/mol. The summed E-state index contributed by atoms with van der Waals surface area (Å²) < 4.78 is 0. The molecule has 13 rings (SSSR count). The Morgan fingerprint density at radius 2 is 0.677 bits per heavy atom. The number of benzene rings is 12. The Hall–Kier alpha value is -8.13. The Balaban J connectivity index is 1.12. The molecule has 0 saturated carbocycles. The molecule has 0 N–H and O–H groups in total. The van der Waals surface area contributed by atoms with E-state index in [1.54, 1.807) is 0 Å². The summed E-state index contributed by atoms with van der Waals surface area (Å²) in [5.41, 5.74) is 10.4. The molecule has 0 aliphatic rings. The van der Waals surface area contributed by atoms with Crippen molar-refractivity contribution in [3.8, 4) is 44.6 Å². The molecule has 1 heteroatoms. The molecule has 1 nitrogen and oxygen atoms in total.